The van der Waals surface area contributed by atoms with Crippen molar-refractivity contribution in [2.75, 3.05) is 0 Å². The van der Waals surface area contributed by atoms with Gasteiger partial charge in [0.15, 0.2) is 0 Å². The second kappa shape index (κ2) is 6.10. The highest BCUT2D eigenvalue weighted by Crippen LogP contribution is 2.26. The third-order valence-corrected chi connectivity index (χ3v) is 3.26. The van der Waals surface area contributed by atoms with E-state index in [1.807, 2.05) is 19.1 Å². The Morgan fingerprint density at radius 1 is 1.42 bits per heavy atom. The Labute approximate surface area is 116 Å². The molecule has 0 amide bonds. The molecule has 3 nitrogen and oxygen atoms in total. The molecule has 0 aliphatic carbocycles. The van der Waals surface area contributed by atoms with E-state index in [2.05, 4.69) is 10.4 Å². The summed E-state index contributed by atoms with van der Waals surface area (Å²) >= 11 is 5.76. The predicted octanol–water partition coefficient (Wildman–Crippen LogP) is 2.99. The minimum absolute atomic E-state index is 0.355. The number of pyridine rings is 1. The van der Waals surface area contributed by atoms with Crippen LogP contribution in [0.3, 0.4) is 0 Å². The summed E-state index contributed by atoms with van der Waals surface area (Å²) in [7, 11) is 0. The molecule has 5 heteroatoms. The van der Waals surface area contributed by atoms with E-state index in [-0.39, 0.29) is 0 Å². The Morgan fingerprint density at radius 2 is 2.21 bits per heavy atom. The first-order valence-electron chi connectivity index (χ1n) is 6.02. The maximum atomic E-state index is 14.0. The quantitative estimate of drug-likeness (QED) is 0.668. The van der Waals surface area contributed by atoms with Gasteiger partial charge in [-0.25, -0.2) is 9.82 Å². The number of rotatable bonds is 4. The predicted molar refractivity (Wildman–Crippen MR) is 74.2 cm³/mol. The van der Waals surface area contributed by atoms with Gasteiger partial charge in [-0.3, -0.25) is 10.8 Å². The van der Waals surface area contributed by atoms with E-state index in [0.29, 0.717) is 10.6 Å². The SMILES string of the molecule is CCc1cccnc1C(NN)c1ccc(Cl)cc1F. The molecule has 0 saturated carbocycles. The summed E-state index contributed by atoms with van der Waals surface area (Å²) in [5, 5.41) is 0.355. The van der Waals surface area contributed by atoms with Gasteiger partial charge in [0.1, 0.15) is 5.82 Å². The first kappa shape index (κ1) is 13.9. The highest BCUT2D eigenvalue weighted by Gasteiger charge is 2.20. The molecular formula is C14H15ClFN3. The van der Waals surface area contributed by atoms with Crippen molar-refractivity contribution < 1.29 is 4.39 Å². The number of halogens is 2. The van der Waals surface area contributed by atoms with E-state index in [9.17, 15) is 4.39 Å². The first-order chi connectivity index (χ1) is 9.17. The number of nitrogens with one attached hydrogen (secondary N) is 1. The lowest BCUT2D eigenvalue weighted by molar-refractivity contribution is 0.550. The third-order valence-electron chi connectivity index (χ3n) is 3.02. The fourth-order valence-electron chi connectivity index (χ4n) is 2.06. The van der Waals surface area contributed by atoms with Crippen molar-refractivity contribution in [3.05, 3.63) is 64.2 Å². The monoisotopic (exact) mass is 279 g/mol. The van der Waals surface area contributed by atoms with Gasteiger partial charge in [0.05, 0.1) is 11.7 Å². The van der Waals surface area contributed by atoms with Crippen molar-refractivity contribution >= 4 is 11.6 Å². The van der Waals surface area contributed by atoms with Crippen molar-refractivity contribution in [2.45, 2.75) is 19.4 Å². The van der Waals surface area contributed by atoms with Crippen LogP contribution in [0.2, 0.25) is 5.02 Å². The van der Waals surface area contributed by atoms with Gasteiger partial charge < -0.3 is 0 Å². The van der Waals surface area contributed by atoms with E-state index >= 15 is 0 Å². The van der Waals surface area contributed by atoms with Crippen molar-refractivity contribution in [1.29, 1.82) is 0 Å². The summed E-state index contributed by atoms with van der Waals surface area (Å²) < 4.78 is 14.0. The van der Waals surface area contributed by atoms with Crippen molar-refractivity contribution in [2.24, 2.45) is 5.84 Å². The van der Waals surface area contributed by atoms with Crippen LogP contribution in [0.25, 0.3) is 0 Å². The van der Waals surface area contributed by atoms with Crippen LogP contribution in [-0.2, 0) is 6.42 Å². The summed E-state index contributed by atoms with van der Waals surface area (Å²) in [6.45, 7) is 2.02. The van der Waals surface area contributed by atoms with Crippen LogP contribution in [0.1, 0.15) is 29.8 Å². The van der Waals surface area contributed by atoms with Crippen molar-refractivity contribution in [3.8, 4) is 0 Å². The Morgan fingerprint density at radius 3 is 2.84 bits per heavy atom. The lowest BCUT2D eigenvalue weighted by atomic mass is 9.98. The zero-order valence-corrected chi connectivity index (χ0v) is 11.3. The first-order valence-corrected chi connectivity index (χ1v) is 6.40. The van der Waals surface area contributed by atoms with E-state index in [1.54, 1.807) is 18.3 Å². The van der Waals surface area contributed by atoms with Crippen LogP contribution in [-0.4, -0.2) is 4.98 Å². The molecule has 0 spiro atoms. The van der Waals surface area contributed by atoms with Crippen LogP contribution >= 0.6 is 11.6 Å². The van der Waals surface area contributed by atoms with Gasteiger partial charge in [-0.2, -0.15) is 0 Å². The number of hydrazine groups is 1. The molecule has 1 aromatic heterocycles. The zero-order chi connectivity index (χ0) is 13.8. The maximum absolute atomic E-state index is 14.0. The highest BCUT2D eigenvalue weighted by molar-refractivity contribution is 6.30. The van der Waals surface area contributed by atoms with Crippen molar-refractivity contribution in [3.63, 3.8) is 0 Å². The Balaban J connectivity index is 2.50. The lowest BCUT2D eigenvalue weighted by Crippen LogP contribution is -2.31. The fraction of sp³-hybridized carbons (Fsp3) is 0.214. The van der Waals surface area contributed by atoms with E-state index in [1.165, 1.54) is 6.07 Å². The standard InChI is InChI=1S/C14H15ClFN3/c1-2-9-4-3-7-18-13(9)14(19-17)11-6-5-10(15)8-12(11)16/h3-8,14,19H,2,17H2,1H3. The number of aryl methyl sites for hydroxylation is 1. The number of nitrogens with zero attached hydrogens (tertiary/aromatic N) is 1. The van der Waals surface area contributed by atoms with Crippen LogP contribution < -0.4 is 11.3 Å². The average molecular weight is 280 g/mol. The van der Waals surface area contributed by atoms with Gasteiger partial charge in [-0.05, 0) is 30.2 Å². The molecule has 1 aromatic carbocycles. The minimum Gasteiger partial charge on any atom is -0.271 e. The van der Waals surface area contributed by atoms with Crippen LogP contribution in [0, 0.1) is 5.82 Å². The van der Waals surface area contributed by atoms with Crippen LogP contribution in [0.15, 0.2) is 36.5 Å². The normalized spacial score (nSPS) is 12.4. The molecule has 0 radical (unpaired) electrons. The molecule has 1 heterocycles. The maximum Gasteiger partial charge on any atom is 0.129 e. The third kappa shape index (κ3) is 2.92. The Kier molecular flexibility index (Phi) is 4.47. The number of benzene rings is 1. The minimum atomic E-state index is -0.492. The molecule has 1 atom stereocenters. The number of nitrogens with two attached hydrogens (primary N) is 1. The summed E-state index contributed by atoms with van der Waals surface area (Å²) in [5.41, 5.74) is 4.81. The molecule has 2 rings (SSSR count). The topological polar surface area (TPSA) is 50.9 Å². The molecular weight excluding hydrogens is 265 g/mol. The van der Waals surface area contributed by atoms with Crippen LogP contribution in [0.4, 0.5) is 4.39 Å². The largest absolute Gasteiger partial charge is 0.271 e. The Hall–Kier alpha value is -1.49. The average Bonchev–Trinajstić information content (AvgIpc) is 2.42. The summed E-state index contributed by atoms with van der Waals surface area (Å²) in [4.78, 5) is 4.32. The van der Waals surface area contributed by atoms with Gasteiger partial charge in [-0.15, -0.1) is 0 Å². The lowest BCUT2D eigenvalue weighted by Gasteiger charge is -2.19. The molecule has 19 heavy (non-hydrogen) atoms. The molecule has 1 unspecified atom stereocenters. The number of hydrogen-bond acceptors (Lipinski definition) is 3. The highest BCUT2D eigenvalue weighted by atomic mass is 35.5. The molecule has 0 bridgehead atoms. The molecule has 0 saturated heterocycles. The molecule has 0 aliphatic heterocycles. The molecule has 2 aromatic rings. The second-order valence-corrected chi connectivity index (χ2v) is 4.60. The van der Waals surface area contributed by atoms with Gasteiger partial charge in [-0.1, -0.05) is 30.7 Å². The number of aromatic nitrogens is 1. The van der Waals surface area contributed by atoms with E-state index < -0.39 is 11.9 Å². The molecule has 0 fully saturated rings. The van der Waals surface area contributed by atoms with Gasteiger partial charge in [0.2, 0.25) is 0 Å². The molecule has 3 N–H and O–H groups in total. The van der Waals surface area contributed by atoms with E-state index in [0.717, 1.165) is 17.7 Å². The van der Waals surface area contributed by atoms with Gasteiger partial charge in [0.25, 0.3) is 0 Å². The Bertz CT molecular complexity index is 574. The molecule has 0 aliphatic rings. The second-order valence-electron chi connectivity index (χ2n) is 4.17. The fourth-order valence-corrected chi connectivity index (χ4v) is 2.22. The smallest absolute Gasteiger partial charge is 0.129 e. The summed E-state index contributed by atoms with van der Waals surface area (Å²) in [6.07, 6.45) is 2.48. The van der Waals surface area contributed by atoms with E-state index in [4.69, 9.17) is 17.4 Å². The van der Waals surface area contributed by atoms with Gasteiger partial charge in [0, 0.05) is 16.8 Å². The summed E-state index contributed by atoms with van der Waals surface area (Å²) in [5.74, 6) is 5.18. The number of hydrogen-bond donors (Lipinski definition) is 2. The summed E-state index contributed by atoms with van der Waals surface area (Å²) in [6, 6.07) is 7.85. The zero-order valence-electron chi connectivity index (χ0n) is 10.5. The van der Waals surface area contributed by atoms with Crippen molar-refractivity contribution in [1.82, 2.24) is 10.4 Å². The molecule has 100 valence electrons. The van der Waals surface area contributed by atoms with Crippen LogP contribution in [0.5, 0.6) is 0 Å². The van der Waals surface area contributed by atoms with Gasteiger partial charge >= 0.3 is 0 Å².